The second-order valence-electron chi connectivity index (χ2n) is 8.67. The number of pyridine rings is 1. The van der Waals surface area contributed by atoms with Gasteiger partial charge in [0.25, 0.3) is 5.91 Å². The Morgan fingerprint density at radius 1 is 1.00 bits per heavy atom. The third kappa shape index (κ3) is 3.58. The third-order valence-electron chi connectivity index (χ3n) is 6.77. The molecule has 1 amide bonds. The van der Waals surface area contributed by atoms with E-state index in [1.807, 2.05) is 59.8 Å². The van der Waals surface area contributed by atoms with Gasteiger partial charge >= 0.3 is 0 Å². The maximum atomic E-state index is 13.2. The van der Waals surface area contributed by atoms with Gasteiger partial charge in [0.05, 0.1) is 0 Å². The van der Waals surface area contributed by atoms with Crippen LogP contribution in [0.3, 0.4) is 0 Å². The number of carbonyl (C=O) groups excluding carboxylic acids is 1. The number of para-hydroxylation sites is 1. The van der Waals surface area contributed by atoms with E-state index in [1.165, 1.54) is 0 Å². The van der Waals surface area contributed by atoms with E-state index < -0.39 is 0 Å². The minimum Gasteiger partial charge on any atom is -0.454 e. The van der Waals surface area contributed by atoms with Gasteiger partial charge in [-0.05, 0) is 36.4 Å². The van der Waals surface area contributed by atoms with Crippen LogP contribution in [-0.4, -0.2) is 65.2 Å². The highest BCUT2D eigenvalue weighted by Crippen LogP contribution is 2.43. The number of amides is 1. The molecule has 0 saturated carbocycles. The van der Waals surface area contributed by atoms with Crippen LogP contribution in [0.1, 0.15) is 17.3 Å². The Labute approximate surface area is 197 Å². The topological polar surface area (TPSA) is 70.7 Å². The fourth-order valence-corrected chi connectivity index (χ4v) is 4.81. The maximum Gasteiger partial charge on any atom is 0.253 e. The first-order valence-corrected chi connectivity index (χ1v) is 11.7. The fraction of sp³-hybridized carbons (Fsp3) is 0.259. The van der Waals surface area contributed by atoms with Crippen LogP contribution in [0.15, 0.2) is 60.9 Å². The smallest absolute Gasteiger partial charge is 0.253 e. The van der Waals surface area contributed by atoms with Crippen LogP contribution < -0.4 is 9.47 Å². The average Bonchev–Trinajstić information content (AvgIpc) is 3.55. The molecule has 7 heteroatoms. The standard InChI is InChI=1S/C27H26N4O3/c1-2-30-9-11-31(12-10-30)27(32)19-6-3-5-18(13-19)20-14-22-23(16-29-26(22)28-15-20)21-7-4-8-24-25(21)34-17-33-24/h3-8,13-16H,2,9-12,17H2,1H3,(H,28,29). The SMILES string of the molecule is CCN1CCN(C(=O)c2cccc(-c3cnc4[nH]cc(-c5cccc6c5OCO6)c4c3)c2)CC1. The molecule has 2 aromatic heterocycles. The van der Waals surface area contributed by atoms with E-state index in [4.69, 9.17) is 9.47 Å². The van der Waals surface area contributed by atoms with E-state index in [0.29, 0.717) is 5.56 Å². The Kier molecular flexibility index (Phi) is 5.19. The molecule has 0 radical (unpaired) electrons. The number of H-pyrrole nitrogens is 1. The predicted octanol–water partition coefficient (Wildman–Crippen LogP) is 4.40. The second kappa shape index (κ2) is 8.50. The second-order valence-corrected chi connectivity index (χ2v) is 8.67. The zero-order chi connectivity index (χ0) is 23.1. The van der Waals surface area contributed by atoms with E-state index in [9.17, 15) is 4.79 Å². The fourth-order valence-electron chi connectivity index (χ4n) is 4.81. The molecule has 6 rings (SSSR count). The van der Waals surface area contributed by atoms with E-state index in [-0.39, 0.29) is 12.7 Å². The highest BCUT2D eigenvalue weighted by molar-refractivity contribution is 5.99. The number of ether oxygens (including phenoxy) is 2. The average molecular weight is 455 g/mol. The monoisotopic (exact) mass is 454 g/mol. The summed E-state index contributed by atoms with van der Waals surface area (Å²) in [5, 5.41) is 0.994. The molecule has 0 spiro atoms. The Hall–Kier alpha value is -3.84. The number of piperazine rings is 1. The molecule has 0 bridgehead atoms. The van der Waals surface area contributed by atoms with Crippen LogP contribution in [0.4, 0.5) is 0 Å². The summed E-state index contributed by atoms with van der Waals surface area (Å²) >= 11 is 0. The van der Waals surface area contributed by atoms with Gasteiger partial charge < -0.3 is 24.3 Å². The van der Waals surface area contributed by atoms with Gasteiger partial charge in [0.1, 0.15) is 5.65 Å². The Morgan fingerprint density at radius 3 is 2.71 bits per heavy atom. The maximum absolute atomic E-state index is 13.2. The van der Waals surface area contributed by atoms with Crippen molar-refractivity contribution in [1.29, 1.82) is 0 Å². The van der Waals surface area contributed by atoms with Crippen LogP contribution in [-0.2, 0) is 0 Å². The van der Waals surface area contributed by atoms with Crippen molar-refractivity contribution in [3.8, 4) is 33.8 Å². The number of aromatic amines is 1. The first-order chi connectivity index (χ1) is 16.7. The Balaban J connectivity index is 1.33. The number of benzene rings is 2. The molecular weight excluding hydrogens is 428 g/mol. The number of rotatable bonds is 4. The van der Waals surface area contributed by atoms with Gasteiger partial charge in [-0.1, -0.05) is 31.2 Å². The first-order valence-electron chi connectivity index (χ1n) is 11.7. The van der Waals surface area contributed by atoms with Crippen LogP contribution in [0.2, 0.25) is 0 Å². The first kappa shape index (κ1) is 20.7. The summed E-state index contributed by atoms with van der Waals surface area (Å²) in [6.45, 7) is 6.81. The number of likely N-dealkylation sites (N-methyl/N-ethyl adjacent to an activating group) is 1. The lowest BCUT2D eigenvalue weighted by molar-refractivity contribution is 0.0643. The van der Waals surface area contributed by atoms with Crippen LogP contribution >= 0.6 is 0 Å². The van der Waals surface area contributed by atoms with Crippen molar-refractivity contribution in [2.75, 3.05) is 39.5 Å². The summed E-state index contributed by atoms with van der Waals surface area (Å²) in [5.41, 5.74) is 5.42. The van der Waals surface area contributed by atoms with E-state index >= 15 is 0 Å². The summed E-state index contributed by atoms with van der Waals surface area (Å²) in [7, 11) is 0. The van der Waals surface area contributed by atoms with Crippen LogP contribution in [0, 0.1) is 0 Å². The molecule has 0 aliphatic carbocycles. The van der Waals surface area contributed by atoms with Crippen molar-refractivity contribution in [2.24, 2.45) is 0 Å². The van der Waals surface area contributed by atoms with Crippen molar-refractivity contribution in [1.82, 2.24) is 19.8 Å². The molecule has 34 heavy (non-hydrogen) atoms. The van der Waals surface area contributed by atoms with Gasteiger partial charge in [0, 0.05) is 66.2 Å². The minimum atomic E-state index is 0.0889. The van der Waals surface area contributed by atoms with Gasteiger partial charge in [-0.15, -0.1) is 0 Å². The quantitative estimate of drug-likeness (QED) is 0.495. The molecule has 1 saturated heterocycles. The van der Waals surface area contributed by atoms with Gasteiger partial charge in [-0.2, -0.15) is 0 Å². The zero-order valence-electron chi connectivity index (χ0n) is 19.1. The zero-order valence-corrected chi connectivity index (χ0v) is 19.1. The summed E-state index contributed by atoms with van der Waals surface area (Å²) in [5.74, 6) is 1.59. The number of carbonyl (C=O) groups is 1. The molecule has 172 valence electrons. The van der Waals surface area contributed by atoms with Crippen molar-refractivity contribution in [3.63, 3.8) is 0 Å². The summed E-state index contributed by atoms with van der Waals surface area (Å²) in [6.07, 6.45) is 3.80. The minimum absolute atomic E-state index is 0.0889. The largest absolute Gasteiger partial charge is 0.454 e. The lowest BCUT2D eigenvalue weighted by atomic mass is 10.00. The summed E-state index contributed by atoms with van der Waals surface area (Å²) < 4.78 is 11.3. The molecule has 2 aliphatic heterocycles. The van der Waals surface area contributed by atoms with Crippen LogP contribution in [0.25, 0.3) is 33.3 Å². The summed E-state index contributed by atoms with van der Waals surface area (Å²) in [6, 6.07) is 15.9. The normalized spacial score (nSPS) is 15.7. The molecule has 2 aromatic carbocycles. The molecular formula is C27H26N4O3. The number of fused-ring (bicyclic) bond motifs is 2. The molecule has 4 aromatic rings. The molecule has 0 unspecified atom stereocenters. The number of nitrogens with zero attached hydrogens (tertiary/aromatic N) is 3. The van der Waals surface area contributed by atoms with Crippen molar-refractivity contribution in [2.45, 2.75) is 6.92 Å². The molecule has 2 aliphatic rings. The molecule has 0 atom stereocenters. The lowest BCUT2D eigenvalue weighted by Gasteiger charge is -2.34. The van der Waals surface area contributed by atoms with E-state index in [0.717, 1.165) is 77.5 Å². The van der Waals surface area contributed by atoms with Gasteiger partial charge in [-0.25, -0.2) is 4.98 Å². The Bertz CT molecular complexity index is 1370. The van der Waals surface area contributed by atoms with Crippen molar-refractivity contribution in [3.05, 3.63) is 66.5 Å². The van der Waals surface area contributed by atoms with E-state index in [1.54, 1.807) is 0 Å². The number of hydrogen-bond donors (Lipinski definition) is 1. The number of nitrogens with one attached hydrogen (secondary N) is 1. The third-order valence-corrected chi connectivity index (χ3v) is 6.77. The van der Waals surface area contributed by atoms with E-state index in [2.05, 4.69) is 27.9 Å². The lowest BCUT2D eigenvalue weighted by Crippen LogP contribution is -2.48. The molecule has 1 N–H and O–H groups in total. The predicted molar refractivity (Wildman–Crippen MR) is 131 cm³/mol. The number of hydrogen-bond acceptors (Lipinski definition) is 5. The van der Waals surface area contributed by atoms with Crippen LogP contribution in [0.5, 0.6) is 11.5 Å². The van der Waals surface area contributed by atoms with Crippen molar-refractivity contribution < 1.29 is 14.3 Å². The van der Waals surface area contributed by atoms with Gasteiger partial charge in [-0.3, -0.25) is 4.79 Å². The molecule has 7 nitrogen and oxygen atoms in total. The molecule has 1 fully saturated rings. The molecule has 4 heterocycles. The van der Waals surface area contributed by atoms with Gasteiger partial charge in [0.2, 0.25) is 6.79 Å². The van der Waals surface area contributed by atoms with Crippen molar-refractivity contribution >= 4 is 16.9 Å². The Morgan fingerprint density at radius 2 is 1.85 bits per heavy atom. The summed E-state index contributed by atoms with van der Waals surface area (Å²) in [4.78, 5) is 25.4. The highest BCUT2D eigenvalue weighted by atomic mass is 16.7. The number of aromatic nitrogens is 2. The highest BCUT2D eigenvalue weighted by Gasteiger charge is 2.23. The van der Waals surface area contributed by atoms with Gasteiger partial charge in [0.15, 0.2) is 11.5 Å².